The highest BCUT2D eigenvalue weighted by molar-refractivity contribution is 5.75. The van der Waals surface area contributed by atoms with Gasteiger partial charge in [-0.3, -0.25) is 9.69 Å². The first-order chi connectivity index (χ1) is 9.08. The summed E-state index contributed by atoms with van der Waals surface area (Å²) in [6, 6.07) is 0.210. The number of hydrogen-bond acceptors (Lipinski definition) is 5. The van der Waals surface area contributed by atoms with Crippen LogP contribution in [0.4, 0.5) is 0 Å². The molecule has 1 saturated carbocycles. The lowest BCUT2D eigenvalue weighted by atomic mass is 9.88. The highest BCUT2D eigenvalue weighted by Gasteiger charge is 2.42. The molecule has 5 heteroatoms. The second-order valence-electron chi connectivity index (χ2n) is 5.43. The lowest BCUT2D eigenvalue weighted by Crippen LogP contribution is -2.48. The molecular weight excluding hydrogens is 246 g/mol. The van der Waals surface area contributed by atoms with Crippen LogP contribution in [0, 0.1) is 0 Å². The van der Waals surface area contributed by atoms with E-state index in [0.717, 1.165) is 25.7 Å². The third kappa shape index (κ3) is 3.27. The van der Waals surface area contributed by atoms with Gasteiger partial charge in [0.05, 0.1) is 19.8 Å². The second kappa shape index (κ2) is 6.20. The molecule has 0 N–H and O–H groups in total. The minimum atomic E-state index is -0.329. The molecule has 0 aromatic carbocycles. The van der Waals surface area contributed by atoms with Crippen LogP contribution in [0.2, 0.25) is 0 Å². The summed E-state index contributed by atoms with van der Waals surface area (Å²) in [5.41, 5.74) is 0. The summed E-state index contributed by atoms with van der Waals surface area (Å²) in [4.78, 5) is 13.9. The lowest BCUT2D eigenvalue weighted by molar-refractivity contribution is -0.185. The summed E-state index contributed by atoms with van der Waals surface area (Å²) in [5, 5.41) is 0. The number of hydrogen-bond donors (Lipinski definition) is 0. The Morgan fingerprint density at radius 2 is 1.95 bits per heavy atom. The molecule has 1 unspecified atom stereocenters. The zero-order valence-electron chi connectivity index (χ0n) is 12.2. The highest BCUT2D eigenvalue weighted by Crippen LogP contribution is 2.37. The van der Waals surface area contributed by atoms with Crippen molar-refractivity contribution in [3.05, 3.63) is 0 Å². The normalized spacial score (nSPS) is 24.8. The van der Waals surface area contributed by atoms with Crippen LogP contribution in [0.5, 0.6) is 0 Å². The van der Waals surface area contributed by atoms with Gasteiger partial charge in [-0.2, -0.15) is 0 Å². The first-order valence-electron chi connectivity index (χ1n) is 7.24. The number of ether oxygens (including phenoxy) is 3. The maximum absolute atomic E-state index is 11.8. The van der Waals surface area contributed by atoms with Gasteiger partial charge in [-0.25, -0.2) is 0 Å². The zero-order chi connectivity index (χ0) is 13.9. The van der Waals surface area contributed by atoms with Gasteiger partial charge in [0, 0.05) is 18.9 Å². The van der Waals surface area contributed by atoms with E-state index in [1.54, 1.807) is 0 Å². The van der Waals surface area contributed by atoms with E-state index < -0.39 is 0 Å². The van der Waals surface area contributed by atoms with Crippen LogP contribution in [0.3, 0.4) is 0 Å². The van der Waals surface area contributed by atoms with Crippen LogP contribution in [0.25, 0.3) is 0 Å². The van der Waals surface area contributed by atoms with Crippen molar-refractivity contribution >= 4 is 5.97 Å². The highest BCUT2D eigenvalue weighted by atomic mass is 16.7. The molecule has 1 atom stereocenters. The van der Waals surface area contributed by atoms with E-state index in [1.807, 2.05) is 20.9 Å². The molecule has 1 heterocycles. The molecule has 1 aliphatic heterocycles. The van der Waals surface area contributed by atoms with Gasteiger partial charge < -0.3 is 14.2 Å². The molecule has 2 fully saturated rings. The number of esters is 1. The maximum atomic E-state index is 11.8. The molecule has 0 aromatic heterocycles. The third-order valence-corrected chi connectivity index (χ3v) is 4.35. The van der Waals surface area contributed by atoms with Crippen molar-refractivity contribution in [1.29, 1.82) is 0 Å². The third-order valence-electron chi connectivity index (χ3n) is 4.35. The molecule has 0 radical (unpaired) electrons. The summed E-state index contributed by atoms with van der Waals surface area (Å²) < 4.78 is 16.5. The fraction of sp³-hybridized carbons (Fsp3) is 0.929. The van der Waals surface area contributed by atoms with Gasteiger partial charge in [0.2, 0.25) is 0 Å². The van der Waals surface area contributed by atoms with Crippen LogP contribution in [0.1, 0.15) is 39.5 Å². The standard InChI is InChI=1S/C14H25NO4/c1-4-17-13(16)11(2)15(3)12-5-7-14(8-6-12)18-9-10-19-14/h11-12H,4-10H2,1-3H3. The van der Waals surface area contributed by atoms with Gasteiger partial charge in [-0.1, -0.05) is 0 Å². The van der Waals surface area contributed by atoms with E-state index in [1.165, 1.54) is 0 Å². The number of nitrogens with zero attached hydrogens (tertiary/aromatic N) is 1. The van der Waals surface area contributed by atoms with Crippen LogP contribution >= 0.6 is 0 Å². The topological polar surface area (TPSA) is 48.0 Å². The molecule has 2 aliphatic rings. The van der Waals surface area contributed by atoms with Crippen molar-refractivity contribution in [1.82, 2.24) is 4.90 Å². The second-order valence-corrected chi connectivity index (χ2v) is 5.43. The summed E-state index contributed by atoms with van der Waals surface area (Å²) in [6.07, 6.45) is 3.83. The van der Waals surface area contributed by atoms with Gasteiger partial charge in [0.25, 0.3) is 0 Å². The average molecular weight is 271 g/mol. The SMILES string of the molecule is CCOC(=O)C(C)N(C)C1CCC2(CC1)OCCO2. The van der Waals surface area contributed by atoms with Gasteiger partial charge in [0.15, 0.2) is 5.79 Å². The Bertz CT molecular complexity index is 305. The molecule has 1 aliphatic carbocycles. The first kappa shape index (κ1) is 14.8. The summed E-state index contributed by atoms with van der Waals surface area (Å²) in [6.45, 7) is 5.60. The fourth-order valence-electron chi connectivity index (χ4n) is 2.98. The van der Waals surface area contributed by atoms with E-state index >= 15 is 0 Å². The molecule has 0 amide bonds. The van der Waals surface area contributed by atoms with Gasteiger partial charge in [-0.05, 0) is 33.7 Å². The van der Waals surface area contributed by atoms with Crippen LogP contribution in [0.15, 0.2) is 0 Å². The molecule has 19 heavy (non-hydrogen) atoms. The first-order valence-corrected chi connectivity index (χ1v) is 7.24. The Morgan fingerprint density at radius 1 is 1.37 bits per heavy atom. The van der Waals surface area contributed by atoms with Crippen molar-refractivity contribution in [2.75, 3.05) is 26.9 Å². The predicted octanol–water partition coefficient (Wildman–Crippen LogP) is 1.56. The fourth-order valence-corrected chi connectivity index (χ4v) is 2.98. The number of carbonyl (C=O) groups is 1. The largest absolute Gasteiger partial charge is 0.465 e. The number of carbonyl (C=O) groups excluding carboxylic acids is 1. The van der Waals surface area contributed by atoms with Crippen molar-refractivity contribution < 1.29 is 19.0 Å². The van der Waals surface area contributed by atoms with E-state index in [0.29, 0.717) is 25.9 Å². The summed E-state index contributed by atoms with van der Waals surface area (Å²) in [5.74, 6) is -0.469. The Labute approximate surface area is 115 Å². The number of likely N-dealkylation sites (N-methyl/N-ethyl adjacent to an activating group) is 1. The van der Waals surface area contributed by atoms with Crippen molar-refractivity contribution in [2.45, 2.75) is 57.4 Å². The molecule has 110 valence electrons. The minimum Gasteiger partial charge on any atom is -0.465 e. The average Bonchev–Trinajstić information content (AvgIpc) is 2.86. The predicted molar refractivity (Wildman–Crippen MR) is 70.7 cm³/mol. The van der Waals surface area contributed by atoms with E-state index in [-0.39, 0.29) is 17.8 Å². The maximum Gasteiger partial charge on any atom is 0.323 e. The monoisotopic (exact) mass is 271 g/mol. The summed E-state index contributed by atoms with van der Waals surface area (Å²) in [7, 11) is 2.00. The van der Waals surface area contributed by atoms with Gasteiger partial charge in [-0.15, -0.1) is 0 Å². The van der Waals surface area contributed by atoms with E-state index in [9.17, 15) is 4.79 Å². The Morgan fingerprint density at radius 3 is 2.47 bits per heavy atom. The Kier molecular flexibility index (Phi) is 4.81. The molecule has 2 rings (SSSR count). The van der Waals surface area contributed by atoms with Crippen molar-refractivity contribution in [2.24, 2.45) is 0 Å². The van der Waals surface area contributed by atoms with Gasteiger partial charge in [0.1, 0.15) is 6.04 Å². The van der Waals surface area contributed by atoms with Crippen LogP contribution in [-0.4, -0.2) is 55.6 Å². The minimum absolute atomic E-state index is 0.140. The van der Waals surface area contributed by atoms with Crippen LogP contribution in [-0.2, 0) is 19.0 Å². The van der Waals surface area contributed by atoms with Crippen molar-refractivity contribution in [3.63, 3.8) is 0 Å². The lowest BCUT2D eigenvalue weighted by Gasteiger charge is -2.40. The quantitative estimate of drug-likeness (QED) is 0.726. The Hall–Kier alpha value is -0.650. The van der Waals surface area contributed by atoms with Crippen LogP contribution < -0.4 is 0 Å². The molecule has 1 spiro atoms. The van der Waals surface area contributed by atoms with E-state index in [2.05, 4.69) is 4.90 Å². The molecule has 0 bridgehead atoms. The molecule has 1 saturated heterocycles. The smallest absolute Gasteiger partial charge is 0.323 e. The zero-order valence-corrected chi connectivity index (χ0v) is 12.2. The van der Waals surface area contributed by atoms with Gasteiger partial charge >= 0.3 is 5.97 Å². The molecular formula is C14H25NO4. The van der Waals surface area contributed by atoms with Crippen molar-refractivity contribution in [3.8, 4) is 0 Å². The summed E-state index contributed by atoms with van der Waals surface area (Å²) >= 11 is 0. The van der Waals surface area contributed by atoms with E-state index in [4.69, 9.17) is 14.2 Å². The Balaban J connectivity index is 1.84. The molecule has 5 nitrogen and oxygen atoms in total. The number of rotatable bonds is 4. The molecule has 0 aromatic rings.